The maximum Gasteiger partial charge on any atom is 0.335 e. The van der Waals surface area contributed by atoms with Crippen molar-refractivity contribution in [2.24, 2.45) is 5.10 Å². The fourth-order valence-electron chi connectivity index (χ4n) is 2.35. The summed E-state index contributed by atoms with van der Waals surface area (Å²) in [6.45, 7) is 1.81. The lowest BCUT2D eigenvalue weighted by atomic mass is 10.0. The first kappa shape index (κ1) is 17.1. The molecule has 1 amide bonds. The lowest BCUT2D eigenvalue weighted by Crippen LogP contribution is -2.18. The zero-order valence-corrected chi connectivity index (χ0v) is 13.8. The Kier molecular flexibility index (Phi) is 4.89. The minimum Gasteiger partial charge on any atom is -0.478 e. The molecule has 0 saturated heterocycles. The van der Waals surface area contributed by atoms with E-state index in [1.807, 2.05) is 6.92 Å². The van der Waals surface area contributed by atoms with E-state index in [-0.39, 0.29) is 11.3 Å². The second kappa shape index (κ2) is 7.43. The number of pyridine rings is 1. The third kappa shape index (κ3) is 3.84. The molecule has 0 atom stereocenters. The van der Waals surface area contributed by atoms with Gasteiger partial charge in [0, 0.05) is 11.8 Å². The van der Waals surface area contributed by atoms with Crippen LogP contribution >= 0.6 is 0 Å². The van der Waals surface area contributed by atoms with Crippen LogP contribution < -0.4 is 5.43 Å². The predicted octanol–water partition coefficient (Wildman–Crippen LogP) is 3.11. The number of carboxylic acid groups (broad SMARTS) is 1. The van der Waals surface area contributed by atoms with Crippen molar-refractivity contribution in [2.75, 3.05) is 0 Å². The standard InChI is InChI=1S/C19H15N3O4/c1-12-10-13(19(24)25)5-7-15(12)17-8-6-14(26-17)11-21-22-18(23)16-4-2-3-9-20-16/h2-11H,1H3,(H,22,23)(H,24,25)/b21-11+. The molecule has 0 aliphatic rings. The van der Waals surface area contributed by atoms with Gasteiger partial charge in [-0.1, -0.05) is 12.1 Å². The number of hydrogen-bond acceptors (Lipinski definition) is 5. The van der Waals surface area contributed by atoms with Gasteiger partial charge in [-0.05, 0) is 48.9 Å². The molecule has 130 valence electrons. The van der Waals surface area contributed by atoms with E-state index in [9.17, 15) is 9.59 Å². The lowest BCUT2D eigenvalue weighted by molar-refractivity contribution is 0.0696. The van der Waals surface area contributed by atoms with Crippen LogP contribution in [0.4, 0.5) is 0 Å². The minimum atomic E-state index is -0.976. The Labute approximate surface area is 149 Å². The molecule has 0 unspecified atom stereocenters. The van der Waals surface area contributed by atoms with E-state index in [4.69, 9.17) is 9.52 Å². The molecule has 3 rings (SSSR count). The third-order valence-electron chi connectivity index (χ3n) is 3.62. The molecular weight excluding hydrogens is 334 g/mol. The number of nitrogens with one attached hydrogen (secondary N) is 1. The Morgan fingerprint density at radius 3 is 2.73 bits per heavy atom. The Morgan fingerprint density at radius 2 is 2.04 bits per heavy atom. The van der Waals surface area contributed by atoms with Gasteiger partial charge >= 0.3 is 5.97 Å². The number of rotatable bonds is 5. The topological polar surface area (TPSA) is 105 Å². The quantitative estimate of drug-likeness (QED) is 0.544. The van der Waals surface area contributed by atoms with Crippen LogP contribution in [0, 0.1) is 6.92 Å². The predicted molar refractivity (Wildman–Crippen MR) is 95.1 cm³/mol. The molecular formula is C19H15N3O4. The first-order valence-electron chi connectivity index (χ1n) is 7.73. The van der Waals surface area contributed by atoms with E-state index in [0.29, 0.717) is 11.5 Å². The van der Waals surface area contributed by atoms with E-state index in [2.05, 4.69) is 15.5 Å². The summed E-state index contributed by atoms with van der Waals surface area (Å²) in [5.74, 6) is -0.371. The lowest BCUT2D eigenvalue weighted by Gasteiger charge is -2.03. The first-order chi connectivity index (χ1) is 12.5. The normalized spacial score (nSPS) is 10.8. The molecule has 26 heavy (non-hydrogen) atoms. The second-order valence-electron chi connectivity index (χ2n) is 5.45. The van der Waals surface area contributed by atoms with Gasteiger partial charge in [0.1, 0.15) is 17.2 Å². The number of carbonyl (C=O) groups is 2. The van der Waals surface area contributed by atoms with Crippen molar-refractivity contribution in [3.05, 3.63) is 77.3 Å². The zero-order valence-electron chi connectivity index (χ0n) is 13.8. The number of aryl methyl sites for hydroxylation is 1. The summed E-state index contributed by atoms with van der Waals surface area (Å²) in [6.07, 6.45) is 2.90. The van der Waals surface area contributed by atoms with Gasteiger partial charge in [0.15, 0.2) is 0 Å². The average Bonchev–Trinajstić information content (AvgIpc) is 3.10. The van der Waals surface area contributed by atoms with Crippen LogP contribution in [-0.4, -0.2) is 28.2 Å². The van der Waals surface area contributed by atoms with Crippen LogP contribution in [0.3, 0.4) is 0 Å². The largest absolute Gasteiger partial charge is 0.478 e. The molecule has 2 N–H and O–H groups in total. The molecule has 0 aliphatic carbocycles. The van der Waals surface area contributed by atoms with Crippen molar-refractivity contribution < 1.29 is 19.1 Å². The summed E-state index contributed by atoms with van der Waals surface area (Å²) in [5, 5.41) is 12.9. The number of hydrogen-bond donors (Lipinski definition) is 2. The van der Waals surface area contributed by atoms with Crippen LogP contribution in [0.15, 0.2) is 64.2 Å². The maximum absolute atomic E-state index is 11.8. The van der Waals surface area contributed by atoms with Gasteiger partial charge in [-0.15, -0.1) is 0 Å². The minimum absolute atomic E-state index is 0.219. The van der Waals surface area contributed by atoms with Crippen molar-refractivity contribution in [3.8, 4) is 11.3 Å². The summed E-state index contributed by atoms with van der Waals surface area (Å²) in [4.78, 5) is 26.8. The van der Waals surface area contributed by atoms with Gasteiger partial charge < -0.3 is 9.52 Å². The number of carboxylic acids is 1. The molecule has 2 aromatic heterocycles. The zero-order chi connectivity index (χ0) is 18.5. The van der Waals surface area contributed by atoms with Gasteiger partial charge in [-0.3, -0.25) is 9.78 Å². The monoisotopic (exact) mass is 349 g/mol. The Morgan fingerprint density at radius 1 is 1.19 bits per heavy atom. The molecule has 3 aromatic rings. The highest BCUT2D eigenvalue weighted by atomic mass is 16.4. The molecule has 0 aliphatic heterocycles. The fraction of sp³-hybridized carbons (Fsp3) is 0.0526. The van der Waals surface area contributed by atoms with Gasteiger partial charge in [-0.2, -0.15) is 5.10 Å². The number of benzene rings is 1. The summed E-state index contributed by atoms with van der Waals surface area (Å²) in [6, 6.07) is 13.3. The molecule has 7 heteroatoms. The fourth-order valence-corrected chi connectivity index (χ4v) is 2.35. The third-order valence-corrected chi connectivity index (χ3v) is 3.62. The van der Waals surface area contributed by atoms with E-state index in [1.165, 1.54) is 18.5 Å². The van der Waals surface area contributed by atoms with Gasteiger partial charge in [0.2, 0.25) is 0 Å². The van der Waals surface area contributed by atoms with Gasteiger partial charge in [0.05, 0.1) is 11.8 Å². The first-order valence-corrected chi connectivity index (χ1v) is 7.73. The van der Waals surface area contributed by atoms with Crippen LogP contribution in [-0.2, 0) is 0 Å². The Bertz CT molecular complexity index is 977. The van der Waals surface area contributed by atoms with Crippen LogP contribution in [0.1, 0.15) is 32.2 Å². The van der Waals surface area contributed by atoms with Crippen molar-refractivity contribution in [2.45, 2.75) is 6.92 Å². The number of amides is 1. The van der Waals surface area contributed by atoms with E-state index >= 15 is 0 Å². The van der Waals surface area contributed by atoms with Crippen molar-refractivity contribution >= 4 is 18.1 Å². The van der Waals surface area contributed by atoms with Crippen molar-refractivity contribution in [3.63, 3.8) is 0 Å². The number of furan rings is 1. The summed E-state index contributed by atoms with van der Waals surface area (Å²) >= 11 is 0. The van der Waals surface area contributed by atoms with Crippen LogP contribution in [0.2, 0.25) is 0 Å². The smallest absolute Gasteiger partial charge is 0.335 e. The second-order valence-corrected chi connectivity index (χ2v) is 5.45. The van der Waals surface area contributed by atoms with Crippen molar-refractivity contribution in [1.82, 2.24) is 10.4 Å². The highest BCUT2D eigenvalue weighted by Crippen LogP contribution is 2.26. The SMILES string of the molecule is Cc1cc(C(=O)O)ccc1-c1ccc(/C=N/NC(=O)c2ccccn2)o1. The van der Waals surface area contributed by atoms with E-state index in [0.717, 1.165) is 11.1 Å². The van der Waals surface area contributed by atoms with Gasteiger partial charge in [-0.25, -0.2) is 10.2 Å². The van der Waals surface area contributed by atoms with Crippen LogP contribution in [0.5, 0.6) is 0 Å². The number of carbonyl (C=O) groups excluding carboxylic acids is 1. The van der Waals surface area contributed by atoms with Crippen LogP contribution in [0.25, 0.3) is 11.3 Å². The maximum atomic E-state index is 11.8. The highest BCUT2D eigenvalue weighted by molar-refractivity contribution is 5.93. The summed E-state index contributed by atoms with van der Waals surface area (Å²) < 4.78 is 5.67. The molecule has 7 nitrogen and oxygen atoms in total. The molecule has 0 saturated carbocycles. The molecule has 0 radical (unpaired) electrons. The molecule has 0 spiro atoms. The molecule has 0 bridgehead atoms. The Balaban J connectivity index is 1.70. The number of nitrogens with zero attached hydrogens (tertiary/aromatic N) is 2. The number of aromatic carboxylic acids is 1. The molecule has 1 aromatic carbocycles. The van der Waals surface area contributed by atoms with Gasteiger partial charge in [0.25, 0.3) is 5.91 Å². The molecule has 0 fully saturated rings. The number of hydrazone groups is 1. The summed E-state index contributed by atoms with van der Waals surface area (Å²) in [5.41, 5.74) is 4.42. The number of aromatic nitrogens is 1. The van der Waals surface area contributed by atoms with Crippen molar-refractivity contribution in [1.29, 1.82) is 0 Å². The van der Waals surface area contributed by atoms with E-state index in [1.54, 1.807) is 42.5 Å². The van der Waals surface area contributed by atoms with E-state index < -0.39 is 11.9 Å². The highest BCUT2D eigenvalue weighted by Gasteiger charge is 2.10. The summed E-state index contributed by atoms with van der Waals surface area (Å²) in [7, 11) is 0. The Hall–Kier alpha value is -3.74. The average molecular weight is 349 g/mol. The molecule has 2 heterocycles.